The number of hydrogen-bond acceptors (Lipinski definition) is 4. The lowest BCUT2D eigenvalue weighted by Gasteiger charge is -2.08. The molecule has 1 heterocycles. The van der Waals surface area contributed by atoms with Crippen molar-refractivity contribution >= 4 is 11.9 Å². The molecule has 0 radical (unpaired) electrons. The molecule has 1 N–H and O–H groups in total. The topological polar surface area (TPSA) is 73.2 Å². The second-order valence-corrected chi connectivity index (χ2v) is 6.46. The Morgan fingerprint density at radius 3 is 2.31 bits per heavy atom. The zero-order valence-corrected chi connectivity index (χ0v) is 16.7. The second kappa shape index (κ2) is 9.01. The van der Waals surface area contributed by atoms with Gasteiger partial charge in [-0.2, -0.15) is 5.10 Å². The van der Waals surface area contributed by atoms with Crippen molar-refractivity contribution in [2.75, 3.05) is 6.61 Å². The van der Waals surface area contributed by atoms with Gasteiger partial charge in [-0.25, -0.2) is 9.48 Å². The molecule has 0 atom stereocenters. The normalized spacial score (nSPS) is 11.2. The maximum absolute atomic E-state index is 13.1. The Kier molecular flexibility index (Phi) is 6.24. The molecule has 148 valence electrons. The summed E-state index contributed by atoms with van der Waals surface area (Å²) in [5.74, 6) is -0.827. The van der Waals surface area contributed by atoms with Gasteiger partial charge in [-0.3, -0.25) is 4.79 Å². The van der Waals surface area contributed by atoms with E-state index in [4.69, 9.17) is 9.84 Å². The number of amides is 1. The fourth-order valence-electron chi connectivity index (χ4n) is 3.03. The van der Waals surface area contributed by atoms with E-state index in [9.17, 15) is 9.59 Å². The van der Waals surface area contributed by atoms with Gasteiger partial charge in [0.05, 0.1) is 23.6 Å². The number of benzene rings is 2. The van der Waals surface area contributed by atoms with Gasteiger partial charge in [0.25, 0.3) is 5.91 Å². The lowest BCUT2D eigenvalue weighted by molar-refractivity contribution is -0.137. The Labute approximate surface area is 169 Å². The highest BCUT2D eigenvalue weighted by Gasteiger charge is 2.23. The molecule has 3 rings (SSSR count). The number of nitrogens with zero attached hydrogens (tertiary/aromatic N) is 2. The molecule has 3 aromatic rings. The van der Waals surface area contributed by atoms with E-state index >= 15 is 0 Å². The third kappa shape index (κ3) is 4.60. The van der Waals surface area contributed by atoms with Crippen LogP contribution in [-0.4, -0.2) is 28.3 Å². The molecule has 0 unspecified atom stereocenters. The molecule has 0 spiro atoms. The molecule has 0 bridgehead atoms. The predicted octanol–water partition coefficient (Wildman–Crippen LogP) is 4.04. The van der Waals surface area contributed by atoms with Gasteiger partial charge in [-0.05, 0) is 32.9 Å². The summed E-state index contributed by atoms with van der Waals surface area (Å²) < 4.78 is 6.65. The number of hydrogen-bond donors (Lipinski definition) is 1. The van der Waals surface area contributed by atoms with Gasteiger partial charge in [0, 0.05) is 17.3 Å². The van der Waals surface area contributed by atoms with Crippen LogP contribution >= 0.6 is 0 Å². The molecule has 0 saturated heterocycles. The fourth-order valence-corrected chi connectivity index (χ4v) is 3.03. The first-order valence-electron chi connectivity index (χ1n) is 9.38. The van der Waals surface area contributed by atoms with Crippen molar-refractivity contribution < 1.29 is 14.3 Å². The summed E-state index contributed by atoms with van der Waals surface area (Å²) in [5.41, 5.74) is 3.84. The Bertz CT molecular complexity index is 1040. The van der Waals surface area contributed by atoms with E-state index in [1.165, 1.54) is 6.08 Å². The van der Waals surface area contributed by atoms with Gasteiger partial charge in [-0.15, -0.1) is 0 Å². The minimum absolute atomic E-state index is 0.275. The van der Waals surface area contributed by atoms with E-state index in [0.29, 0.717) is 22.6 Å². The van der Waals surface area contributed by atoms with E-state index in [1.807, 2.05) is 67.6 Å². The molecule has 29 heavy (non-hydrogen) atoms. The van der Waals surface area contributed by atoms with Crippen molar-refractivity contribution in [1.82, 2.24) is 15.1 Å². The van der Waals surface area contributed by atoms with E-state index in [2.05, 4.69) is 5.32 Å². The lowest BCUT2D eigenvalue weighted by atomic mass is 10.1. The molecule has 0 aliphatic rings. The van der Waals surface area contributed by atoms with E-state index < -0.39 is 5.97 Å². The maximum atomic E-state index is 13.1. The average Bonchev–Trinajstić information content (AvgIpc) is 3.06. The van der Waals surface area contributed by atoms with E-state index in [-0.39, 0.29) is 12.5 Å². The number of esters is 1. The lowest BCUT2D eigenvalue weighted by Crippen LogP contribution is -2.23. The monoisotopic (exact) mass is 389 g/mol. The van der Waals surface area contributed by atoms with Crippen LogP contribution in [0.25, 0.3) is 16.9 Å². The van der Waals surface area contributed by atoms with Gasteiger partial charge < -0.3 is 10.1 Å². The molecule has 0 aliphatic carbocycles. The molecule has 1 amide bonds. The van der Waals surface area contributed by atoms with Crippen molar-refractivity contribution in [3.63, 3.8) is 0 Å². The van der Waals surface area contributed by atoms with Crippen LogP contribution in [-0.2, 0) is 9.53 Å². The number of aromatic nitrogens is 2. The summed E-state index contributed by atoms with van der Waals surface area (Å²) >= 11 is 0. The van der Waals surface area contributed by atoms with Gasteiger partial charge in [-0.1, -0.05) is 48.5 Å². The van der Waals surface area contributed by atoms with Gasteiger partial charge in [0.15, 0.2) is 0 Å². The van der Waals surface area contributed by atoms with Crippen LogP contribution in [0.3, 0.4) is 0 Å². The van der Waals surface area contributed by atoms with Crippen molar-refractivity contribution in [2.45, 2.75) is 20.8 Å². The highest BCUT2D eigenvalue weighted by atomic mass is 16.5. The van der Waals surface area contributed by atoms with Crippen LogP contribution < -0.4 is 5.32 Å². The molecule has 0 fully saturated rings. The van der Waals surface area contributed by atoms with E-state index in [0.717, 1.165) is 11.3 Å². The van der Waals surface area contributed by atoms with E-state index in [1.54, 1.807) is 18.5 Å². The maximum Gasteiger partial charge on any atom is 0.332 e. The number of rotatable bonds is 6. The summed E-state index contributed by atoms with van der Waals surface area (Å²) in [7, 11) is 0. The van der Waals surface area contributed by atoms with Crippen molar-refractivity contribution in [3.8, 4) is 16.9 Å². The standard InChI is InChI=1S/C23H23N3O3/c1-4-29-20(27)15-16(2)24-23(28)21-17(3)26(19-13-9-6-10-14-19)25-22(21)18-11-7-5-8-12-18/h5-15H,4H2,1-3H3,(H,24,28)/b16-15+. The number of nitrogens with one attached hydrogen (secondary N) is 1. The third-order valence-corrected chi connectivity index (χ3v) is 4.32. The zero-order valence-electron chi connectivity index (χ0n) is 16.7. The molecule has 6 nitrogen and oxygen atoms in total. The van der Waals surface area contributed by atoms with Gasteiger partial charge >= 0.3 is 5.97 Å². The number of ether oxygens (including phenoxy) is 1. The highest BCUT2D eigenvalue weighted by molar-refractivity contribution is 6.02. The van der Waals surface area contributed by atoms with Crippen molar-refractivity contribution in [2.24, 2.45) is 0 Å². The largest absolute Gasteiger partial charge is 0.463 e. The van der Waals surface area contributed by atoms with Crippen LogP contribution in [0.2, 0.25) is 0 Å². The SMILES string of the molecule is CCOC(=O)/C=C(\C)NC(=O)c1c(-c2ccccc2)nn(-c2ccccc2)c1C. The fraction of sp³-hybridized carbons (Fsp3) is 0.174. The highest BCUT2D eigenvalue weighted by Crippen LogP contribution is 2.27. The Morgan fingerprint density at radius 2 is 1.69 bits per heavy atom. The number of para-hydroxylation sites is 1. The van der Waals surface area contributed by atoms with Crippen molar-refractivity contribution in [3.05, 3.63) is 83.7 Å². The first-order valence-corrected chi connectivity index (χ1v) is 9.38. The molecule has 1 aromatic heterocycles. The van der Waals surface area contributed by atoms with Gasteiger partial charge in [0.1, 0.15) is 5.69 Å². The first-order chi connectivity index (χ1) is 14.0. The Hall–Kier alpha value is -3.67. The van der Waals surface area contributed by atoms with Crippen LogP contribution in [0.4, 0.5) is 0 Å². The minimum Gasteiger partial charge on any atom is -0.463 e. The summed E-state index contributed by atoms with van der Waals surface area (Å²) in [6.07, 6.45) is 1.26. The quantitative estimate of drug-likeness (QED) is 0.510. The number of allylic oxidation sites excluding steroid dienone is 1. The minimum atomic E-state index is -0.495. The first kappa shape index (κ1) is 20.1. The molecular formula is C23H23N3O3. The Balaban J connectivity index is 2.03. The van der Waals surface area contributed by atoms with Gasteiger partial charge in [0.2, 0.25) is 0 Å². The third-order valence-electron chi connectivity index (χ3n) is 4.32. The molecule has 0 aliphatic heterocycles. The Morgan fingerprint density at radius 1 is 1.07 bits per heavy atom. The molecule has 2 aromatic carbocycles. The van der Waals surface area contributed by atoms with Crippen LogP contribution in [0.15, 0.2) is 72.4 Å². The molecule has 0 saturated carbocycles. The van der Waals surface area contributed by atoms with Crippen LogP contribution in [0.1, 0.15) is 29.9 Å². The summed E-state index contributed by atoms with van der Waals surface area (Å²) in [4.78, 5) is 24.7. The summed E-state index contributed by atoms with van der Waals surface area (Å²) in [5, 5.41) is 7.48. The smallest absolute Gasteiger partial charge is 0.332 e. The second-order valence-electron chi connectivity index (χ2n) is 6.46. The van der Waals surface area contributed by atoms with Crippen molar-refractivity contribution in [1.29, 1.82) is 0 Å². The van der Waals surface area contributed by atoms with Crippen LogP contribution in [0, 0.1) is 6.92 Å². The molecule has 6 heteroatoms. The zero-order chi connectivity index (χ0) is 20.8. The summed E-state index contributed by atoms with van der Waals surface area (Å²) in [6.45, 7) is 5.50. The average molecular weight is 389 g/mol. The summed E-state index contributed by atoms with van der Waals surface area (Å²) in [6, 6.07) is 19.2. The van der Waals surface area contributed by atoms with Crippen LogP contribution in [0.5, 0.6) is 0 Å². The molecular weight excluding hydrogens is 366 g/mol. The number of carbonyl (C=O) groups excluding carboxylic acids is 2. The number of carbonyl (C=O) groups is 2. The predicted molar refractivity (Wildman–Crippen MR) is 112 cm³/mol.